The maximum absolute atomic E-state index is 10.3. The Kier molecular flexibility index (Phi) is 10.0. The molecule has 1 nitrogen and oxygen atoms in total. The van der Waals surface area contributed by atoms with E-state index in [1.165, 1.54) is 38.5 Å². The molecule has 0 saturated heterocycles. The van der Waals surface area contributed by atoms with Crippen LogP contribution in [0.2, 0.25) is 0 Å². The van der Waals surface area contributed by atoms with E-state index in [4.69, 9.17) is 0 Å². The van der Waals surface area contributed by atoms with Gasteiger partial charge in [0.15, 0.2) is 0 Å². The molecular formula is C13H24O. The molecule has 0 fully saturated rings. The standard InChI is InChI=1S/C13H24O/c1-3-5-6-7-8-9-10-13(4-2)11-12-14/h4,12-13H,2-3,5-11H2,1H3/t13-/m1/s1. The van der Waals surface area contributed by atoms with Gasteiger partial charge in [0.2, 0.25) is 0 Å². The summed E-state index contributed by atoms with van der Waals surface area (Å²) in [6.07, 6.45) is 12.6. The van der Waals surface area contributed by atoms with Gasteiger partial charge in [-0.2, -0.15) is 0 Å². The van der Waals surface area contributed by atoms with E-state index < -0.39 is 0 Å². The van der Waals surface area contributed by atoms with Gasteiger partial charge in [0, 0.05) is 6.42 Å². The highest BCUT2D eigenvalue weighted by atomic mass is 16.1. The Morgan fingerprint density at radius 1 is 1.14 bits per heavy atom. The second-order valence-electron chi connectivity index (χ2n) is 3.95. The zero-order valence-corrected chi connectivity index (χ0v) is 9.50. The molecule has 0 aliphatic heterocycles. The van der Waals surface area contributed by atoms with Gasteiger partial charge in [-0.05, 0) is 12.3 Å². The minimum atomic E-state index is 0.415. The van der Waals surface area contributed by atoms with Crippen molar-refractivity contribution in [1.29, 1.82) is 0 Å². The van der Waals surface area contributed by atoms with Crippen LogP contribution in [-0.2, 0) is 4.79 Å². The van der Waals surface area contributed by atoms with Gasteiger partial charge < -0.3 is 4.79 Å². The molecule has 0 unspecified atom stereocenters. The molecule has 0 saturated carbocycles. The molecular weight excluding hydrogens is 172 g/mol. The first kappa shape index (κ1) is 13.4. The number of carbonyl (C=O) groups is 1. The van der Waals surface area contributed by atoms with Crippen molar-refractivity contribution < 1.29 is 4.79 Å². The van der Waals surface area contributed by atoms with Crippen LogP contribution in [0.25, 0.3) is 0 Å². The molecule has 0 aliphatic carbocycles. The molecule has 0 aliphatic rings. The van der Waals surface area contributed by atoms with Crippen LogP contribution in [0.4, 0.5) is 0 Å². The molecule has 14 heavy (non-hydrogen) atoms. The van der Waals surface area contributed by atoms with Gasteiger partial charge >= 0.3 is 0 Å². The van der Waals surface area contributed by atoms with E-state index in [1.807, 2.05) is 6.08 Å². The average Bonchev–Trinajstić information content (AvgIpc) is 2.21. The van der Waals surface area contributed by atoms with Crippen molar-refractivity contribution in [3.63, 3.8) is 0 Å². The number of rotatable bonds is 10. The number of aldehydes is 1. The van der Waals surface area contributed by atoms with E-state index in [0.29, 0.717) is 12.3 Å². The van der Waals surface area contributed by atoms with E-state index in [0.717, 1.165) is 12.7 Å². The molecule has 0 aromatic heterocycles. The molecule has 0 N–H and O–H groups in total. The van der Waals surface area contributed by atoms with Gasteiger partial charge in [-0.1, -0.05) is 51.5 Å². The lowest BCUT2D eigenvalue weighted by molar-refractivity contribution is -0.108. The maximum Gasteiger partial charge on any atom is 0.120 e. The van der Waals surface area contributed by atoms with Gasteiger partial charge in [0.25, 0.3) is 0 Å². The second-order valence-corrected chi connectivity index (χ2v) is 3.95. The summed E-state index contributed by atoms with van der Waals surface area (Å²) >= 11 is 0. The van der Waals surface area contributed by atoms with Crippen LogP contribution in [0.3, 0.4) is 0 Å². The zero-order valence-electron chi connectivity index (χ0n) is 9.50. The average molecular weight is 196 g/mol. The molecule has 0 bridgehead atoms. The van der Waals surface area contributed by atoms with E-state index >= 15 is 0 Å². The van der Waals surface area contributed by atoms with Crippen LogP contribution in [0.1, 0.15) is 58.3 Å². The summed E-state index contributed by atoms with van der Waals surface area (Å²) in [5.41, 5.74) is 0. The van der Waals surface area contributed by atoms with Crippen LogP contribution < -0.4 is 0 Å². The largest absolute Gasteiger partial charge is 0.303 e. The monoisotopic (exact) mass is 196 g/mol. The van der Waals surface area contributed by atoms with E-state index in [-0.39, 0.29) is 0 Å². The lowest BCUT2D eigenvalue weighted by atomic mass is 9.98. The lowest BCUT2D eigenvalue weighted by Crippen LogP contribution is -1.96. The van der Waals surface area contributed by atoms with Crippen molar-refractivity contribution in [2.24, 2.45) is 5.92 Å². The van der Waals surface area contributed by atoms with Crippen molar-refractivity contribution in [2.75, 3.05) is 0 Å². The van der Waals surface area contributed by atoms with Gasteiger partial charge in [-0.15, -0.1) is 6.58 Å². The fourth-order valence-corrected chi connectivity index (χ4v) is 1.64. The molecule has 82 valence electrons. The first-order valence-corrected chi connectivity index (χ1v) is 5.91. The maximum atomic E-state index is 10.3. The number of allylic oxidation sites excluding steroid dienone is 1. The fraction of sp³-hybridized carbons (Fsp3) is 0.769. The van der Waals surface area contributed by atoms with Crippen molar-refractivity contribution >= 4 is 6.29 Å². The van der Waals surface area contributed by atoms with E-state index in [9.17, 15) is 4.79 Å². The number of carbonyl (C=O) groups excluding carboxylic acids is 1. The summed E-state index contributed by atoms with van der Waals surface area (Å²) in [4.78, 5) is 10.3. The predicted octanol–water partition coefficient (Wildman–Crippen LogP) is 4.13. The first-order chi connectivity index (χ1) is 6.85. The van der Waals surface area contributed by atoms with Crippen LogP contribution in [0.5, 0.6) is 0 Å². The quantitative estimate of drug-likeness (QED) is 0.292. The van der Waals surface area contributed by atoms with Crippen LogP contribution >= 0.6 is 0 Å². The number of hydrogen-bond acceptors (Lipinski definition) is 1. The SMILES string of the molecule is C=C[C@@H](CC=O)CCCCCCCC. The molecule has 0 spiro atoms. The highest BCUT2D eigenvalue weighted by Crippen LogP contribution is 2.14. The zero-order chi connectivity index (χ0) is 10.6. The Morgan fingerprint density at radius 3 is 2.36 bits per heavy atom. The van der Waals surface area contributed by atoms with E-state index in [1.54, 1.807) is 0 Å². The van der Waals surface area contributed by atoms with Crippen LogP contribution in [0.15, 0.2) is 12.7 Å². The Morgan fingerprint density at radius 2 is 1.79 bits per heavy atom. The lowest BCUT2D eigenvalue weighted by Gasteiger charge is -2.07. The molecule has 0 aromatic carbocycles. The Bertz CT molecular complexity index is 140. The minimum absolute atomic E-state index is 0.415. The van der Waals surface area contributed by atoms with E-state index in [2.05, 4.69) is 13.5 Å². The molecule has 0 radical (unpaired) electrons. The number of unbranched alkanes of at least 4 members (excludes halogenated alkanes) is 5. The van der Waals surface area contributed by atoms with Crippen molar-refractivity contribution in [1.82, 2.24) is 0 Å². The molecule has 1 atom stereocenters. The highest BCUT2D eigenvalue weighted by Gasteiger charge is 2.02. The number of hydrogen-bond donors (Lipinski definition) is 0. The molecule has 1 heteroatoms. The minimum Gasteiger partial charge on any atom is -0.303 e. The third-order valence-electron chi connectivity index (χ3n) is 2.66. The van der Waals surface area contributed by atoms with Gasteiger partial charge in [0.05, 0.1) is 0 Å². The summed E-state index contributed by atoms with van der Waals surface area (Å²) < 4.78 is 0. The molecule has 0 rings (SSSR count). The third kappa shape index (κ3) is 8.03. The smallest absolute Gasteiger partial charge is 0.120 e. The fourth-order valence-electron chi connectivity index (χ4n) is 1.64. The van der Waals surface area contributed by atoms with Crippen molar-refractivity contribution in [2.45, 2.75) is 58.3 Å². The normalized spacial score (nSPS) is 12.4. The van der Waals surface area contributed by atoms with Gasteiger partial charge in [-0.3, -0.25) is 0 Å². The van der Waals surface area contributed by atoms with Crippen molar-refractivity contribution in [3.05, 3.63) is 12.7 Å². The van der Waals surface area contributed by atoms with Crippen molar-refractivity contribution in [3.8, 4) is 0 Å². The Labute approximate surface area is 88.6 Å². The topological polar surface area (TPSA) is 17.1 Å². The van der Waals surface area contributed by atoms with Crippen LogP contribution in [-0.4, -0.2) is 6.29 Å². The Hall–Kier alpha value is -0.590. The first-order valence-electron chi connectivity index (χ1n) is 5.91. The summed E-state index contributed by atoms with van der Waals surface area (Å²) in [6, 6.07) is 0. The summed E-state index contributed by atoms with van der Waals surface area (Å²) in [7, 11) is 0. The highest BCUT2D eigenvalue weighted by molar-refractivity contribution is 5.50. The summed E-state index contributed by atoms with van der Waals surface area (Å²) in [6.45, 7) is 5.98. The van der Waals surface area contributed by atoms with Gasteiger partial charge in [0.1, 0.15) is 6.29 Å². The molecule has 0 heterocycles. The van der Waals surface area contributed by atoms with Crippen LogP contribution in [0, 0.1) is 5.92 Å². The Balaban J connectivity index is 3.23. The van der Waals surface area contributed by atoms with Gasteiger partial charge in [-0.25, -0.2) is 0 Å². The molecule has 0 aromatic rings. The predicted molar refractivity (Wildman–Crippen MR) is 62.4 cm³/mol. The summed E-state index contributed by atoms with van der Waals surface area (Å²) in [5.74, 6) is 0.415. The summed E-state index contributed by atoms with van der Waals surface area (Å²) in [5, 5.41) is 0. The second kappa shape index (κ2) is 10.5. The third-order valence-corrected chi connectivity index (χ3v) is 2.66. The molecule has 0 amide bonds.